The molecule has 2 rings (SSSR count). The average Bonchev–Trinajstić information content (AvgIpc) is 2.53. The van der Waals surface area contributed by atoms with Gasteiger partial charge in [-0.3, -0.25) is 0 Å². The van der Waals surface area contributed by atoms with Crippen molar-refractivity contribution in [3.63, 3.8) is 0 Å². The molecule has 0 saturated heterocycles. The van der Waals surface area contributed by atoms with E-state index in [1.807, 2.05) is 18.2 Å². The number of aryl methyl sites for hydroxylation is 2. The van der Waals surface area contributed by atoms with Crippen LogP contribution in [0.3, 0.4) is 0 Å². The van der Waals surface area contributed by atoms with Crippen LogP contribution in [0, 0.1) is 6.92 Å². The Bertz CT molecular complexity index is 556. The summed E-state index contributed by atoms with van der Waals surface area (Å²) in [6.45, 7) is 2.09. The number of ether oxygens (including phenoxy) is 2. The SMILES string of the molecule is COc1cccc(OC)c1C(N)CCc1ccc(C)cc1. The Hall–Kier alpha value is -2.00. The van der Waals surface area contributed by atoms with Crippen molar-refractivity contribution < 1.29 is 9.47 Å². The van der Waals surface area contributed by atoms with Gasteiger partial charge in [0.05, 0.1) is 19.8 Å². The standard InChI is InChI=1S/C18H23NO2/c1-13-7-9-14(10-8-13)11-12-15(19)18-16(20-2)5-4-6-17(18)21-3/h4-10,15H,11-12,19H2,1-3H3. The Morgan fingerprint density at radius 2 is 1.52 bits per heavy atom. The number of hydrogen-bond acceptors (Lipinski definition) is 3. The number of rotatable bonds is 6. The van der Waals surface area contributed by atoms with E-state index in [9.17, 15) is 0 Å². The van der Waals surface area contributed by atoms with Crippen LogP contribution in [0.4, 0.5) is 0 Å². The molecule has 1 unspecified atom stereocenters. The summed E-state index contributed by atoms with van der Waals surface area (Å²) in [4.78, 5) is 0. The summed E-state index contributed by atoms with van der Waals surface area (Å²) in [5.74, 6) is 1.57. The topological polar surface area (TPSA) is 44.5 Å². The summed E-state index contributed by atoms with van der Waals surface area (Å²) < 4.78 is 10.8. The second-order valence-corrected chi connectivity index (χ2v) is 5.21. The number of nitrogens with two attached hydrogens (primary N) is 1. The maximum absolute atomic E-state index is 6.37. The van der Waals surface area contributed by atoms with Crippen molar-refractivity contribution in [1.29, 1.82) is 0 Å². The van der Waals surface area contributed by atoms with Gasteiger partial charge in [0, 0.05) is 6.04 Å². The summed E-state index contributed by atoms with van der Waals surface area (Å²) in [6.07, 6.45) is 1.78. The van der Waals surface area contributed by atoms with E-state index in [4.69, 9.17) is 15.2 Å². The smallest absolute Gasteiger partial charge is 0.127 e. The second-order valence-electron chi connectivity index (χ2n) is 5.21. The first-order valence-corrected chi connectivity index (χ1v) is 7.17. The molecule has 0 aliphatic carbocycles. The predicted molar refractivity (Wildman–Crippen MR) is 86.0 cm³/mol. The number of methoxy groups -OCH3 is 2. The molecule has 21 heavy (non-hydrogen) atoms. The molecule has 0 aliphatic heterocycles. The van der Waals surface area contributed by atoms with Crippen molar-refractivity contribution in [3.8, 4) is 11.5 Å². The van der Waals surface area contributed by atoms with Gasteiger partial charge in [0.25, 0.3) is 0 Å². The molecule has 0 heterocycles. The lowest BCUT2D eigenvalue weighted by molar-refractivity contribution is 0.377. The Morgan fingerprint density at radius 3 is 2.05 bits per heavy atom. The lowest BCUT2D eigenvalue weighted by atomic mass is 9.97. The zero-order valence-electron chi connectivity index (χ0n) is 12.9. The maximum Gasteiger partial charge on any atom is 0.127 e. The highest BCUT2D eigenvalue weighted by molar-refractivity contribution is 5.46. The fourth-order valence-corrected chi connectivity index (χ4v) is 2.47. The van der Waals surface area contributed by atoms with Crippen LogP contribution < -0.4 is 15.2 Å². The molecule has 2 aromatic carbocycles. The van der Waals surface area contributed by atoms with E-state index in [-0.39, 0.29) is 6.04 Å². The first-order chi connectivity index (χ1) is 10.2. The molecule has 0 bridgehead atoms. The van der Waals surface area contributed by atoms with Crippen molar-refractivity contribution in [2.24, 2.45) is 5.73 Å². The van der Waals surface area contributed by atoms with Crippen LogP contribution in [-0.2, 0) is 6.42 Å². The van der Waals surface area contributed by atoms with Gasteiger partial charge in [-0.05, 0) is 37.5 Å². The largest absolute Gasteiger partial charge is 0.496 e. The van der Waals surface area contributed by atoms with Gasteiger partial charge in [-0.25, -0.2) is 0 Å². The van der Waals surface area contributed by atoms with Gasteiger partial charge in [0.1, 0.15) is 11.5 Å². The normalized spacial score (nSPS) is 12.0. The molecule has 0 amide bonds. The number of benzene rings is 2. The summed E-state index contributed by atoms with van der Waals surface area (Å²) in [5, 5.41) is 0. The molecule has 2 N–H and O–H groups in total. The molecule has 1 atom stereocenters. The quantitative estimate of drug-likeness (QED) is 0.881. The second kappa shape index (κ2) is 7.14. The molecule has 112 valence electrons. The molecule has 0 fully saturated rings. The van der Waals surface area contributed by atoms with E-state index < -0.39 is 0 Å². The van der Waals surface area contributed by atoms with Gasteiger partial charge in [-0.15, -0.1) is 0 Å². The first-order valence-electron chi connectivity index (χ1n) is 7.17. The van der Waals surface area contributed by atoms with Crippen LogP contribution in [-0.4, -0.2) is 14.2 Å². The molecule has 3 nitrogen and oxygen atoms in total. The molecule has 0 spiro atoms. The van der Waals surface area contributed by atoms with E-state index in [1.165, 1.54) is 11.1 Å². The van der Waals surface area contributed by atoms with Crippen molar-refractivity contribution in [2.45, 2.75) is 25.8 Å². The molecule has 0 saturated carbocycles. The third-order valence-electron chi connectivity index (χ3n) is 3.70. The monoisotopic (exact) mass is 285 g/mol. The van der Waals surface area contributed by atoms with Crippen molar-refractivity contribution in [2.75, 3.05) is 14.2 Å². The molecule has 2 aromatic rings. The van der Waals surface area contributed by atoms with E-state index in [0.717, 1.165) is 29.9 Å². The molecular formula is C18H23NO2. The van der Waals surface area contributed by atoms with Crippen LogP contribution in [0.25, 0.3) is 0 Å². The third-order valence-corrected chi connectivity index (χ3v) is 3.70. The van der Waals surface area contributed by atoms with Gasteiger partial charge in [-0.1, -0.05) is 35.9 Å². The fraction of sp³-hybridized carbons (Fsp3) is 0.333. The summed E-state index contributed by atoms with van der Waals surface area (Å²) in [5.41, 5.74) is 9.87. The molecular weight excluding hydrogens is 262 g/mol. The lowest BCUT2D eigenvalue weighted by Gasteiger charge is -2.19. The van der Waals surface area contributed by atoms with Crippen LogP contribution in [0.5, 0.6) is 11.5 Å². The Kier molecular flexibility index (Phi) is 5.23. The minimum atomic E-state index is -0.114. The third kappa shape index (κ3) is 3.76. The highest BCUT2D eigenvalue weighted by Crippen LogP contribution is 2.34. The van der Waals surface area contributed by atoms with Crippen LogP contribution in [0.1, 0.15) is 29.2 Å². The van der Waals surface area contributed by atoms with Crippen LogP contribution in [0.15, 0.2) is 42.5 Å². The maximum atomic E-state index is 6.37. The molecule has 0 aliphatic rings. The Labute approximate surface area is 126 Å². The van der Waals surface area contributed by atoms with Gasteiger partial charge in [0.2, 0.25) is 0 Å². The van der Waals surface area contributed by atoms with Crippen molar-refractivity contribution >= 4 is 0 Å². The van der Waals surface area contributed by atoms with Crippen LogP contribution in [0.2, 0.25) is 0 Å². The Morgan fingerprint density at radius 1 is 0.952 bits per heavy atom. The minimum absolute atomic E-state index is 0.114. The highest BCUT2D eigenvalue weighted by Gasteiger charge is 2.17. The van der Waals surface area contributed by atoms with Gasteiger partial charge in [-0.2, -0.15) is 0 Å². The van der Waals surface area contributed by atoms with E-state index in [2.05, 4.69) is 31.2 Å². The highest BCUT2D eigenvalue weighted by atomic mass is 16.5. The van der Waals surface area contributed by atoms with Gasteiger partial charge < -0.3 is 15.2 Å². The van der Waals surface area contributed by atoms with E-state index in [0.29, 0.717) is 0 Å². The summed E-state index contributed by atoms with van der Waals surface area (Å²) in [6, 6.07) is 14.2. The lowest BCUT2D eigenvalue weighted by Crippen LogP contribution is -2.14. The van der Waals surface area contributed by atoms with Gasteiger partial charge in [0.15, 0.2) is 0 Å². The van der Waals surface area contributed by atoms with Crippen LogP contribution >= 0.6 is 0 Å². The van der Waals surface area contributed by atoms with Crippen molar-refractivity contribution in [1.82, 2.24) is 0 Å². The first kappa shape index (κ1) is 15.4. The minimum Gasteiger partial charge on any atom is -0.496 e. The predicted octanol–water partition coefficient (Wildman–Crippen LogP) is 3.64. The summed E-state index contributed by atoms with van der Waals surface area (Å²) in [7, 11) is 3.32. The zero-order valence-corrected chi connectivity index (χ0v) is 12.9. The molecule has 0 aromatic heterocycles. The fourth-order valence-electron chi connectivity index (χ4n) is 2.47. The van der Waals surface area contributed by atoms with Crippen molar-refractivity contribution in [3.05, 3.63) is 59.2 Å². The zero-order chi connectivity index (χ0) is 15.2. The van der Waals surface area contributed by atoms with E-state index >= 15 is 0 Å². The molecule has 0 radical (unpaired) electrons. The average molecular weight is 285 g/mol. The van der Waals surface area contributed by atoms with E-state index in [1.54, 1.807) is 14.2 Å². The Balaban J connectivity index is 2.12. The summed E-state index contributed by atoms with van der Waals surface area (Å²) >= 11 is 0. The number of hydrogen-bond donors (Lipinski definition) is 1. The molecule has 3 heteroatoms. The van der Waals surface area contributed by atoms with Gasteiger partial charge >= 0.3 is 0 Å².